The Morgan fingerprint density at radius 3 is 2.41 bits per heavy atom. The number of imide groups is 1. The predicted molar refractivity (Wildman–Crippen MR) is 135 cm³/mol. The highest BCUT2D eigenvalue weighted by Gasteiger charge is 2.38. The molecule has 37 heavy (non-hydrogen) atoms. The highest BCUT2D eigenvalue weighted by molar-refractivity contribution is 6.30. The molecule has 4 rings (SSSR count). The number of hydrogen-bond acceptors (Lipinski definition) is 8. The molecule has 11 nitrogen and oxygen atoms in total. The summed E-state index contributed by atoms with van der Waals surface area (Å²) in [4.78, 5) is 40.1. The zero-order valence-electron chi connectivity index (χ0n) is 20.2. The van der Waals surface area contributed by atoms with Crippen LogP contribution in [0, 0.1) is 0 Å². The highest BCUT2D eigenvalue weighted by atomic mass is 35.5. The van der Waals surface area contributed by atoms with E-state index in [0.717, 1.165) is 5.56 Å². The van der Waals surface area contributed by atoms with Gasteiger partial charge in [-0.2, -0.15) is 0 Å². The third kappa shape index (κ3) is 6.25. The van der Waals surface area contributed by atoms with Crippen LogP contribution in [-0.4, -0.2) is 58.0 Å². The molecule has 1 atom stereocenters. The Labute approximate surface area is 218 Å². The van der Waals surface area contributed by atoms with Gasteiger partial charge in [-0.15, -0.1) is 10.2 Å². The summed E-state index contributed by atoms with van der Waals surface area (Å²) in [5.74, 6) is 0.0795. The van der Waals surface area contributed by atoms with Gasteiger partial charge in [0, 0.05) is 23.3 Å². The van der Waals surface area contributed by atoms with Crippen molar-refractivity contribution in [1.82, 2.24) is 25.3 Å². The van der Waals surface area contributed by atoms with Crippen LogP contribution < -0.4 is 15.4 Å². The number of halogens is 1. The maximum atomic E-state index is 13.2. The molecule has 1 fully saturated rings. The lowest BCUT2D eigenvalue weighted by atomic mass is 10.2. The minimum atomic E-state index is -0.785. The van der Waals surface area contributed by atoms with Crippen LogP contribution in [-0.2, 0) is 11.3 Å². The first-order chi connectivity index (χ1) is 17.9. The zero-order chi connectivity index (χ0) is 26.4. The molecule has 192 valence electrons. The molecule has 4 amide bonds. The van der Waals surface area contributed by atoms with Gasteiger partial charge in [-0.1, -0.05) is 30.7 Å². The Balaban J connectivity index is 1.47. The first-order valence-electron chi connectivity index (χ1n) is 11.5. The van der Waals surface area contributed by atoms with E-state index in [2.05, 4.69) is 25.6 Å². The van der Waals surface area contributed by atoms with E-state index in [9.17, 15) is 14.4 Å². The molecule has 2 heterocycles. The summed E-state index contributed by atoms with van der Waals surface area (Å²) in [5.41, 5.74) is 1.57. The number of urea groups is 2. The molecule has 0 aliphatic carbocycles. The van der Waals surface area contributed by atoms with Crippen molar-refractivity contribution >= 4 is 35.3 Å². The fourth-order valence-corrected chi connectivity index (χ4v) is 3.72. The largest absolute Gasteiger partial charge is 0.464 e. The van der Waals surface area contributed by atoms with Gasteiger partial charge >= 0.3 is 18.0 Å². The summed E-state index contributed by atoms with van der Waals surface area (Å²) in [6.45, 7) is 2.47. The van der Waals surface area contributed by atoms with Crippen LogP contribution >= 0.6 is 11.6 Å². The zero-order valence-corrected chi connectivity index (χ0v) is 20.9. The maximum Gasteiger partial charge on any atom is 0.358 e. The number of anilines is 1. The van der Waals surface area contributed by atoms with Gasteiger partial charge in [-0.25, -0.2) is 19.3 Å². The molecule has 1 aliphatic rings. The molecule has 1 aliphatic heterocycles. The molecule has 3 aromatic rings. The van der Waals surface area contributed by atoms with E-state index in [4.69, 9.17) is 16.3 Å². The monoisotopic (exact) mass is 524 g/mol. The Bertz CT molecular complexity index is 1250. The van der Waals surface area contributed by atoms with E-state index in [1.54, 1.807) is 41.3 Å². The highest BCUT2D eigenvalue weighted by Crippen LogP contribution is 2.23. The van der Waals surface area contributed by atoms with E-state index >= 15 is 0 Å². The number of esters is 1. The van der Waals surface area contributed by atoms with Crippen LogP contribution in [0.5, 0.6) is 11.6 Å². The molecule has 0 radical (unpaired) electrons. The summed E-state index contributed by atoms with van der Waals surface area (Å²) in [6.07, 6.45) is -0.143. The Morgan fingerprint density at radius 1 is 1.05 bits per heavy atom. The van der Waals surface area contributed by atoms with E-state index in [1.807, 2.05) is 19.1 Å². The molecule has 0 bridgehead atoms. The lowest BCUT2D eigenvalue weighted by Crippen LogP contribution is -2.67. The van der Waals surface area contributed by atoms with Crippen molar-refractivity contribution in [2.24, 2.45) is 0 Å². The smallest absolute Gasteiger partial charge is 0.358 e. The van der Waals surface area contributed by atoms with E-state index in [-0.39, 0.29) is 18.1 Å². The Hall–Kier alpha value is -4.38. The molecule has 0 spiro atoms. The summed E-state index contributed by atoms with van der Waals surface area (Å²) in [6, 6.07) is 16.1. The normalized spacial score (nSPS) is 15.3. The molecule has 12 heteroatoms. The first-order valence-corrected chi connectivity index (χ1v) is 11.9. The van der Waals surface area contributed by atoms with Crippen molar-refractivity contribution < 1.29 is 23.9 Å². The van der Waals surface area contributed by atoms with Crippen molar-refractivity contribution in [2.45, 2.75) is 26.2 Å². The number of nitrogens with one attached hydrogen (secondary N) is 2. The van der Waals surface area contributed by atoms with Crippen LogP contribution in [0.4, 0.5) is 15.3 Å². The van der Waals surface area contributed by atoms with Crippen LogP contribution in [0.25, 0.3) is 0 Å². The second-order valence-electron chi connectivity index (χ2n) is 8.06. The minimum Gasteiger partial charge on any atom is -0.464 e. The van der Waals surface area contributed by atoms with Gasteiger partial charge < -0.3 is 14.8 Å². The van der Waals surface area contributed by atoms with Gasteiger partial charge in [0.1, 0.15) is 5.75 Å². The van der Waals surface area contributed by atoms with Gasteiger partial charge in [0.05, 0.1) is 13.7 Å². The van der Waals surface area contributed by atoms with Crippen molar-refractivity contribution in [3.8, 4) is 11.6 Å². The first kappa shape index (κ1) is 25.7. The topological polar surface area (TPSA) is 126 Å². The summed E-state index contributed by atoms with van der Waals surface area (Å²) in [7, 11) is 1.26. The number of methoxy groups -OCH3 is 1. The van der Waals surface area contributed by atoms with Crippen LogP contribution in [0.15, 0.2) is 60.7 Å². The number of aromatic nitrogens is 2. The summed E-state index contributed by atoms with van der Waals surface area (Å²) < 4.78 is 10.3. The Kier molecular flexibility index (Phi) is 8.04. The Morgan fingerprint density at radius 2 is 1.78 bits per heavy atom. The lowest BCUT2D eigenvalue weighted by Gasteiger charge is -2.41. The standard InChI is InChI=1S/C25H25ClN6O5/c1-3-14-31-24(34)28-23(32(25(31)35)15-16-4-6-17(26)7-5-16)27-18-8-10-19(11-9-18)37-21-13-12-20(29-30-21)22(33)36-2/h4-13,23,27H,3,14-15H2,1-2H3,(H,28,34). The van der Waals surface area contributed by atoms with Gasteiger partial charge in [-0.3, -0.25) is 10.2 Å². The molecule has 1 saturated heterocycles. The summed E-state index contributed by atoms with van der Waals surface area (Å²) >= 11 is 6.00. The quantitative estimate of drug-likeness (QED) is 0.393. The van der Waals surface area contributed by atoms with Crippen LogP contribution in [0.2, 0.25) is 5.02 Å². The average Bonchev–Trinajstić information content (AvgIpc) is 2.91. The predicted octanol–water partition coefficient (Wildman–Crippen LogP) is 4.46. The summed E-state index contributed by atoms with van der Waals surface area (Å²) in [5, 5.41) is 14.3. The second kappa shape index (κ2) is 11.6. The fraction of sp³-hybridized carbons (Fsp3) is 0.240. The van der Waals surface area contributed by atoms with Crippen molar-refractivity contribution in [1.29, 1.82) is 0 Å². The van der Waals surface area contributed by atoms with Gasteiger partial charge in [-0.05, 0) is 54.4 Å². The number of hydrogen-bond donors (Lipinski definition) is 2. The number of carbonyl (C=O) groups excluding carboxylic acids is 3. The van der Waals surface area contributed by atoms with E-state index in [1.165, 1.54) is 24.1 Å². The maximum absolute atomic E-state index is 13.2. The van der Waals surface area contributed by atoms with Gasteiger partial charge in [0.15, 0.2) is 12.0 Å². The number of amides is 4. The van der Waals surface area contributed by atoms with Crippen molar-refractivity contribution in [3.05, 3.63) is 76.9 Å². The van der Waals surface area contributed by atoms with E-state index in [0.29, 0.717) is 29.4 Å². The van der Waals surface area contributed by atoms with Gasteiger partial charge in [0.25, 0.3) is 0 Å². The number of benzene rings is 2. The molecule has 2 N–H and O–H groups in total. The third-order valence-corrected chi connectivity index (χ3v) is 5.67. The van der Waals surface area contributed by atoms with Crippen LogP contribution in [0.3, 0.4) is 0 Å². The average molecular weight is 525 g/mol. The lowest BCUT2D eigenvalue weighted by molar-refractivity contribution is 0.0592. The third-order valence-electron chi connectivity index (χ3n) is 5.42. The van der Waals surface area contributed by atoms with E-state index < -0.39 is 24.3 Å². The number of rotatable bonds is 9. The van der Waals surface area contributed by atoms with Crippen LogP contribution in [0.1, 0.15) is 29.4 Å². The number of ether oxygens (including phenoxy) is 2. The SMILES string of the molecule is CCCN1C(=O)NC(Nc2ccc(Oc3ccc(C(=O)OC)nn3)cc2)N(Cc2ccc(Cl)cc2)C1=O. The molecular weight excluding hydrogens is 500 g/mol. The number of carbonyl (C=O) groups is 3. The fourth-order valence-electron chi connectivity index (χ4n) is 3.59. The van der Waals surface area contributed by atoms with Crippen molar-refractivity contribution in [2.75, 3.05) is 19.0 Å². The number of nitrogens with zero attached hydrogens (tertiary/aromatic N) is 4. The molecular formula is C25H25ClN6O5. The molecule has 1 unspecified atom stereocenters. The minimum absolute atomic E-state index is 0.0686. The molecule has 2 aromatic carbocycles. The molecule has 0 saturated carbocycles. The molecule has 1 aromatic heterocycles. The van der Waals surface area contributed by atoms with Crippen molar-refractivity contribution in [3.63, 3.8) is 0 Å². The second-order valence-corrected chi connectivity index (χ2v) is 8.50. The van der Waals surface area contributed by atoms with Gasteiger partial charge in [0.2, 0.25) is 5.88 Å².